The summed E-state index contributed by atoms with van der Waals surface area (Å²) in [7, 11) is -3.61. The van der Waals surface area contributed by atoms with E-state index in [2.05, 4.69) is 19.9 Å². The summed E-state index contributed by atoms with van der Waals surface area (Å²) in [4.78, 5) is 21.6. The second kappa shape index (κ2) is 8.25. The molecule has 2 N–H and O–H groups in total. The number of carbonyl (C=O) groups excluding carboxylic acids is 1. The molecule has 1 amide bonds. The number of hydrogen-bond acceptors (Lipinski definition) is 6. The van der Waals surface area contributed by atoms with Crippen LogP contribution in [0.4, 0.5) is 11.5 Å². The second-order valence-corrected chi connectivity index (χ2v) is 9.47. The van der Waals surface area contributed by atoms with Crippen LogP contribution in [0.15, 0.2) is 77.8 Å². The van der Waals surface area contributed by atoms with Gasteiger partial charge in [-0.15, -0.1) is 0 Å². The number of carbonyl (C=O) groups is 1. The van der Waals surface area contributed by atoms with Gasteiger partial charge in [-0.1, -0.05) is 30.3 Å². The van der Waals surface area contributed by atoms with Crippen molar-refractivity contribution in [3.63, 3.8) is 0 Å². The number of piperazine rings is 1. The highest BCUT2D eigenvalue weighted by molar-refractivity contribution is 7.89. The summed E-state index contributed by atoms with van der Waals surface area (Å²) in [6, 6.07) is 19.7. The summed E-state index contributed by atoms with van der Waals surface area (Å²) in [6.45, 7) is 2.71. The molecule has 2 aromatic carbocycles. The molecule has 3 aromatic rings. The number of benzene rings is 2. The fourth-order valence-corrected chi connectivity index (χ4v) is 5.36. The molecule has 0 unspecified atom stereocenters. The Balaban J connectivity index is 1.26. The fraction of sp³-hybridized carbons (Fsp3) is 0.217. The molecule has 0 radical (unpaired) electrons. The van der Waals surface area contributed by atoms with Gasteiger partial charge in [0.2, 0.25) is 10.0 Å². The van der Waals surface area contributed by atoms with Gasteiger partial charge in [-0.05, 0) is 42.0 Å². The summed E-state index contributed by atoms with van der Waals surface area (Å²) in [5.74, 6) is 0.896. The molecule has 0 aliphatic carbocycles. The summed E-state index contributed by atoms with van der Waals surface area (Å²) < 4.78 is 27.7. The topological polar surface area (TPSA) is 94.6 Å². The van der Waals surface area contributed by atoms with Crippen LogP contribution in [0.3, 0.4) is 0 Å². The van der Waals surface area contributed by atoms with E-state index in [4.69, 9.17) is 0 Å². The number of fused-ring (bicyclic) bond motifs is 1. The molecule has 8 nitrogen and oxygen atoms in total. The number of hydrogen-bond donors (Lipinski definition) is 2. The highest BCUT2D eigenvalue weighted by Gasteiger charge is 2.30. The third kappa shape index (κ3) is 3.92. The Labute approximate surface area is 186 Å². The van der Waals surface area contributed by atoms with Gasteiger partial charge in [0.15, 0.2) is 0 Å². The van der Waals surface area contributed by atoms with E-state index in [1.54, 1.807) is 54.7 Å². The van der Waals surface area contributed by atoms with Gasteiger partial charge in [-0.3, -0.25) is 4.79 Å². The first-order chi connectivity index (χ1) is 15.5. The number of pyridine rings is 1. The maximum absolute atomic E-state index is 13.0. The smallest absolute Gasteiger partial charge is 0.253 e. The minimum absolute atomic E-state index is 0.0280. The van der Waals surface area contributed by atoms with Gasteiger partial charge in [0.1, 0.15) is 16.9 Å². The molecule has 1 atom stereocenters. The van der Waals surface area contributed by atoms with Crippen LogP contribution in [0.1, 0.15) is 22.1 Å². The number of anilines is 2. The molecule has 2 aliphatic rings. The maximum atomic E-state index is 13.0. The van der Waals surface area contributed by atoms with Crippen molar-refractivity contribution < 1.29 is 13.2 Å². The predicted octanol–water partition coefficient (Wildman–Crippen LogP) is 2.45. The SMILES string of the molecule is O=C(c1ccc([C@H]2Nc3ccccc3S(=O)(=O)N2)cc1)N1CCN(c2ccccn2)CC1. The predicted molar refractivity (Wildman–Crippen MR) is 122 cm³/mol. The van der Waals surface area contributed by atoms with E-state index in [9.17, 15) is 13.2 Å². The van der Waals surface area contributed by atoms with Crippen molar-refractivity contribution in [2.75, 3.05) is 36.4 Å². The van der Waals surface area contributed by atoms with E-state index in [-0.39, 0.29) is 10.8 Å². The quantitative estimate of drug-likeness (QED) is 0.638. The molecule has 0 spiro atoms. The third-order valence-electron chi connectivity index (χ3n) is 5.78. The van der Waals surface area contributed by atoms with Crippen molar-refractivity contribution in [1.82, 2.24) is 14.6 Å². The Morgan fingerprint density at radius 2 is 1.62 bits per heavy atom. The van der Waals surface area contributed by atoms with Crippen LogP contribution >= 0.6 is 0 Å². The first kappa shape index (κ1) is 20.5. The normalized spacial score (nSPS) is 19.7. The van der Waals surface area contributed by atoms with Crippen molar-refractivity contribution in [3.05, 3.63) is 84.1 Å². The summed E-state index contributed by atoms with van der Waals surface area (Å²) in [5.41, 5.74) is 1.88. The van der Waals surface area contributed by atoms with Gasteiger partial charge in [-0.2, -0.15) is 4.72 Å². The first-order valence-electron chi connectivity index (χ1n) is 10.4. The molecule has 5 rings (SSSR count). The van der Waals surface area contributed by atoms with Crippen molar-refractivity contribution in [3.8, 4) is 0 Å². The van der Waals surface area contributed by atoms with Gasteiger partial charge in [-0.25, -0.2) is 13.4 Å². The Bertz CT molecular complexity index is 1220. The second-order valence-electron chi connectivity index (χ2n) is 7.78. The average molecular weight is 450 g/mol. The molecular weight excluding hydrogens is 426 g/mol. The largest absolute Gasteiger partial charge is 0.364 e. The Morgan fingerprint density at radius 1 is 0.906 bits per heavy atom. The molecule has 9 heteroatoms. The Kier molecular flexibility index (Phi) is 5.28. The average Bonchev–Trinajstić information content (AvgIpc) is 2.84. The molecule has 1 saturated heterocycles. The van der Waals surface area contributed by atoms with Crippen LogP contribution in [-0.2, 0) is 10.0 Å². The number of para-hydroxylation sites is 1. The molecule has 1 aromatic heterocycles. The van der Waals surface area contributed by atoms with Gasteiger partial charge >= 0.3 is 0 Å². The lowest BCUT2D eigenvalue weighted by atomic mass is 10.1. The van der Waals surface area contributed by atoms with Crippen LogP contribution in [0.25, 0.3) is 0 Å². The Hall–Kier alpha value is -3.43. The van der Waals surface area contributed by atoms with Crippen LogP contribution in [-0.4, -0.2) is 50.4 Å². The third-order valence-corrected chi connectivity index (χ3v) is 7.26. The van der Waals surface area contributed by atoms with E-state index in [1.165, 1.54) is 0 Å². The molecule has 164 valence electrons. The van der Waals surface area contributed by atoms with E-state index in [0.29, 0.717) is 24.3 Å². The van der Waals surface area contributed by atoms with E-state index in [1.807, 2.05) is 23.1 Å². The molecule has 0 saturated carbocycles. The first-order valence-corrected chi connectivity index (χ1v) is 11.9. The zero-order chi connectivity index (χ0) is 22.1. The molecule has 0 bridgehead atoms. The van der Waals surface area contributed by atoms with Gasteiger partial charge in [0.25, 0.3) is 5.91 Å². The van der Waals surface area contributed by atoms with Gasteiger partial charge < -0.3 is 15.1 Å². The summed E-state index contributed by atoms with van der Waals surface area (Å²) in [6.07, 6.45) is 1.18. The monoisotopic (exact) mass is 449 g/mol. The number of nitrogens with zero attached hydrogens (tertiary/aromatic N) is 3. The molecule has 32 heavy (non-hydrogen) atoms. The van der Waals surface area contributed by atoms with Crippen LogP contribution in [0.5, 0.6) is 0 Å². The van der Waals surface area contributed by atoms with Crippen LogP contribution < -0.4 is 14.9 Å². The maximum Gasteiger partial charge on any atom is 0.253 e. The zero-order valence-electron chi connectivity index (χ0n) is 17.3. The number of rotatable bonds is 3. The number of nitrogens with one attached hydrogen (secondary N) is 2. The number of sulfonamides is 1. The molecule has 3 heterocycles. The van der Waals surface area contributed by atoms with Gasteiger partial charge in [0.05, 0.1) is 5.69 Å². The lowest BCUT2D eigenvalue weighted by Gasteiger charge is -2.35. The highest BCUT2D eigenvalue weighted by Crippen LogP contribution is 2.30. The standard InChI is InChI=1S/C23H23N5O3S/c29-23(28-15-13-27(14-16-28)21-7-3-4-12-24-21)18-10-8-17(9-11-18)22-25-19-5-1-2-6-20(19)32(30,31)26-22/h1-12,22,25-26H,13-16H2/t22-/m0/s1. The lowest BCUT2D eigenvalue weighted by molar-refractivity contribution is 0.0746. The highest BCUT2D eigenvalue weighted by atomic mass is 32.2. The Morgan fingerprint density at radius 3 is 2.34 bits per heavy atom. The van der Waals surface area contributed by atoms with E-state index in [0.717, 1.165) is 24.5 Å². The van der Waals surface area contributed by atoms with Crippen molar-refractivity contribution in [1.29, 1.82) is 0 Å². The number of aromatic nitrogens is 1. The van der Waals surface area contributed by atoms with Gasteiger partial charge in [0, 0.05) is 37.9 Å². The lowest BCUT2D eigenvalue weighted by Crippen LogP contribution is -2.49. The van der Waals surface area contributed by atoms with Crippen molar-refractivity contribution >= 4 is 27.4 Å². The summed E-state index contributed by atoms with van der Waals surface area (Å²) in [5, 5.41) is 3.20. The fourth-order valence-electron chi connectivity index (χ4n) is 4.06. The minimum Gasteiger partial charge on any atom is -0.364 e. The minimum atomic E-state index is -3.61. The zero-order valence-corrected chi connectivity index (χ0v) is 18.1. The number of amides is 1. The van der Waals surface area contributed by atoms with Crippen molar-refractivity contribution in [2.45, 2.75) is 11.1 Å². The van der Waals surface area contributed by atoms with E-state index >= 15 is 0 Å². The summed E-state index contributed by atoms with van der Waals surface area (Å²) >= 11 is 0. The molecule has 1 fully saturated rings. The van der Waals surface area contributed by atoms with Crippen LogP contribution in [0.2, 0.25) is 0 Å². The van der Waals surface area contributed by atoms with Crippen molar-refractivity contribution in [2.24, 2.45) is 0 Å². The van der Waals surface area contributed by atoms with E-state index < -0.39 is 16.2 Å². The molecule has 2 aliphatic heterocycles. The van der Waals surface area contributed by atoms with Crippen LogP contribution in [0, 0.1) is 0 Å². The molecular formula is C23H23N5O3S.